The van der Waals surface area contributed by atoms with Crippen molar-refractivity contribution in [3.63, 3.8) is 0 Å². The van der Waals surface area contributed by atoms with Crippen molar-refractivity contribution in [2.75, 3.05) is 0 Å². The van der Waals surface area contributed by atoms with Gasteiger partial charge in [0, 0.05) is 12.4 Å². The standard InChI is InChI=1S/C16H10F6N2O3S/c17-15(18,19)11-3-4-12(13(8-11)16(20,21)22)14(25)24-28(26,27)7-5-10-2-1-6-23-9-10/h1-9H,(H,24,25)/b7-5+. The van der Waals surface area contributed by atoms with Gasteiger partial charge in [-0.2, -0.15) is 26.3 Å². The van der Waals surface area contributed by atoms with E-state index in [4.69, 9.17) is 0 Å². The number of amides is 1. The summed E-state index contributed by atoms with van der Waals surface area (Å²) in [6.45, 7) is 0. The Morgan fingerprint density at radius 3 is 2.25 bits per heavy atom. The van der Waals surface area contributed by atoms with Crippen LogP contribution in [0.3, 0.4) is 0 Å². The Morgan fingerprint density at radius 2 is 1.71 bits per heavy atom. The van der Waals surface area contributed by atoms with E-state index in [-0.39, 0.29) is 18.2 Å². The third kappa shape index (κ3) is 5.55. The molecule has 1 aromatic carbocycles. The number of carbonyl (C=O) groups excluding carboxylic acids is 1. The number of benzene rings is 1. The summed E-state index contributed by atoms with van der Waals surface area (Å²) in [5.41, 5.74) is -4.48. The molecule has 0 aliphatic rings. The number of nitrogens with one attached hydrogen (secondary N) is 1. The van der Waals surface area contributed by atoms with Crippen molar-refractivity contribution in [1.82, 2.24) is 9.71 Å². The quantitative estimate of drug-likeness (QED) is 0.757. The molecule has 0 radical (unpaired) electrons. The molecule has 1 amide bonds. The molecule has 0 aliphatic heterocycles. The van der Waals surface area contributed by atoms with Crippen molar-refractivity contribution in [3.8, 4) is 0 Å². The second-order valence-electron chi connectivity index (χ2n) is 5.32. The van der Waals surface area contributed by atoms with Crippen LogP contribution in [-0.4, -0.2) is 19.3 Å². The molecule has 0 spiro atoms. The lowest BCUT2D eigenvalue weighted by atomic mass is 10.0. The minimum Gasteiger partial charge on any atom is -0.268 e. The number of carbonyl (C=O) groups is 1. The predicted octanol–water partition coefficient (Wildman–Crippen LogP) is 3.85. The van der Waals surface area contributed by atoms with Gasteiger partial charge in [-0.05, 0) is 35.9 Å². The molecule has 2 rings (SSSR count). The van der Waals surface area contributed by atoms with E-state index >= 15 is 0 Å². The summed E-state index contributed by atoms with van der Waals surface area (Å²) in [7, 11) is -4.53. The fourth-order valence-electron chi connectivity index (χ4n) is 2.01. The number of rotatable bonds is 4. The highest BCUT2D eigenvalue weighted by Gasteiger charge is 2.39. The maximum atomic E-state index is 13.1. The summed E-state index contributed by atoms with van der Waals surface area (Å²) in [4.78, 5) is 15.7. The van der Waals surface area contributed by atoms with Gasteiger partial charge in [0.25, 0.3) is 15.9 Å². The second kappa shape index (κ2) is 7.62. The first-order valence-corrected chi connectivity index (χ1v) is 8.78. The topological polar surface area (TPSA) is 76.1 Å². The number of hydrogen-bond donors (Lipinski definition) is 1. The molecule has 5 nitrogen and oxygen atoms in total. The van der Waals surface area contributed by atoms with Crippen LogP contribution in [0.15, 0.2) is 48.1 Å². The molecular weight excluding hydrogens is 414 g/mol. The van der Waals surface area contributed by atoms with Crippen LogP contribution in [0.2, 0.25) is 0 Å². The summed E-state index contributed by atoms with van der Waals surface area (Å²) in [5.74, 6) is -1.73. The third-order valence-electron chi connectivity index (χ3n) is 3.26. The summed E-state index contributed by atoms with van der Waals surface area (Å²) in [5, 5.41) is 0.513. The van der Waals surface area contributed by atoms with E-state index in [0.29, 0.717) is 11.0 Å². The molecule has 0 aliphatic carbocycles. The predicted molar refractivity (Wildman–Crippen MR) is 86.1 cm³/mol. The molecule has 0 unspecified atom stereocenters. The number of nitrogens with zero attached hydrogens (tertiary/aromatic N) is 1. The number of pyridine rings is 1. The molecule has 0 bridgehead atoms. The fourth-order valence-corrected chi connectivity index (χ4v) is 2.79. The van der Waals surface area contributed by atoms with Gasteiger partial charge < -0.3 is 0 Å². The Kier molecular flexibility index (Phi) is 5.83. The van der Waals surface area contributed by atoms with E-state index in [0.717, 1.165) is 6.08 Å². The van der Waals surface area contributed by atoms with Crippen molar-refractivity contribution in [2.45, 2.75) is 12.4 Å². The van der Waals surface area contributed by atoms with Gasteiger partial charge in [0.1, 0.15) is 0 Å². The molecule has 12 heteroatoms. The molecule has 0 fully saturated rings. The number of aromatic nitrogens is 1. The number of sulfonamides is 1. The van der Waals surface area contributed by atoms with Gasteiger partial charge in [-0.15, -0.1) is 0 Å². The second-order valence-corrected chi connectivity index (χ2v) is 6.89. The van der Waals surface area contributed by atoms with Gasteiger partial charge in [0.2, 0.25) is 0 Å². The van der Waals surface area contributed by atoms with E-state index in [1.54, 1.807) is 0 Å². The molecule has 0 saturated carbocycles. The van der Waals surface area contributed by atoms with Crippen LogP contribution in [0.25, 0.3) is 6.08 Å². The van der Waals surface area contributed by atoms with E-state index in [1.807, 2.05) is 0 Å². The highest BCUT2D eigenvalue weighted by Crippen LogP contribution is 2.37. The average Bonchev–Trinajstić information content (AvgIpc) is 2.58. The Bertz CT molecular complexity index is 999. The minimum absolute atomic E-state index is 0.252. The molecule has 150 valence electrons. The molecule has 2 aromatic rings. The molecule has 0 saturated heterocycles. The Balaban J connectivity index is 2.34. The van der Waals surface area contributed by atoms with Crippen molar-refractivity contribution >= 4 is 22.0 Å². The zero-order valence-electron chi connectivity index (χ0n) is 13.5. The molecule has 28 heavy (non-hydrogen) atoms. The smallest absolute Gasteiger partial charge is 0.268 e. The van der Waals surface area contributed by atoms with Crippen LogP contribution in [0.1, 0.15) is 27.0 Å². The lowest BCUT2D eigenvalue weighted by Crippen LogP contribution is -2.31. The Hall–Kier alpha value is -2.89. The fraction of sp³-hybridized carbons (Fsp3) is 0.125. The molecule has 0 atom stereocenters. The lowest BCUT2D eigenvalue weighted by Gasteiger charge is -2.15. The van der Waals surface area contributed by atoms with Crippen LogP contribution in [0.4, 0.5) is 26.3 Å². The summed E-state index contributed by atoms with van der Waals surface area (Å²) >= 11 is 0. The SMILES string of the molecule is O=C(NS(=O)(=O)/C=C/c1cccnc1)c1ccc(C(F)(F)F)cc1C(F)(F)F. The number of halogens is 6. The normalized spacial score (nSPS) is 12.9. The maximum Gasteiger partial charge on any atom is 0.417 e. The van der Waals surface area contributed by atoms with Crippen LogP contribution in [0.5, 0.6) is 0 Å². The van der Waals surface area contributed by atoms with Gasteiger partial charge in [-0.1, -0.05) is 6.07 Å². The molecular formula is C16H10F6N2O3S. The lowest BCUT2D eigenvalue weighted by molar-refractivity contribution is -0.143. The van der Waals surface area contributed by atoms with E-state index in [1.165, 1.54) is 29.2 Å². The first-order chi connectivity index (χ1) is 12.8. The van der Waals surface area contributed by atoms with E-state index < -0.39 is 45.0 Å². The van der Waals surface area contributed by atoms with Crippen molar-refractivity contribution in [3.05, 3.63) is 70.4 Å². The van der Waals surface area contributed by atoms with Crippen LogP contribution < -0.4 is 4.72 Å². The molecule has 1 heterocycles. The van der Waals surface area contributed by atoms with Crippen LogP contribution in [0, 0.1) is 0 Å². The largest absolute Gasteiger partial charge is 0.417 e. The number of hydrogen-bond acceptors (Lipinski definition) is 4. The zero-order chi connectivity index (χ0) is 21.2. The monoisotopic (exact) mass is 424 g/mol. The maximum absolute atomic E-state index is 13.1. The molecule has 1 N–H and O–H groups in total. The minimum atomic E-state index is -5.32. The van der Waals surface area contributed by atoms with Crippen molar-refractivity contribution in [1.29, 1.82) is 0 Å². The highest BCUT2D eigenvalue weighted by atomic mass is 32.2. The Morgan fingerprint density at radius 1 is 1.04 bits per heavy atom. The van der Waals surface area contributed by atoms with Crippen molar-refractivity contribution in [2.24, 2.45) is 0 Å². The first kappa shape index (κ1) is 21.4. The summed E-state index contributed by atoms with van der Waals surface area (Å²) in [6.07, 6.45) is -6.67. The highest BCUT2D eigenvalue weighted by molar-refractivity contribution is 7.93. The van der Waals surface area contributed by atoms with Gasteiger partial charge in [0.15, 0.2) is 0 Å². The molecule has 1 aromatic heterocycles. The third-order valence-corrected chi connectivity index (χ3v) is 4.22. The van der Waals surface area contributed by atoms with E-state index in [9.17, 15) is 39.6 Å². The van der Waals surface area contributed by atoms with Crippen LogP contribution in [-0.2, 0) is 22.4 Å². The summed E-state index contributed by atoms with van der Waals surface area (Å²) < 4.78 is 102. The van der Waals surface area contributed by atoms with E-state index in [2.05, 4.69) is 4.98 Å². The van der Waals surface area contributed by atoms with Gasteiger partial charge in [0.05, 0.1) is 22.1 Å². The average molecular weight is 424 g/mol. The zero-order valence-corrected chi connectivity index (χ0v) is 14.4. The van der Waals surface area contributed by atoms with Crippen LogP contribution >= 0.6 is 0 Å². The van der Waals surface area contributed by atoms with Gasteiger partial charge >= 0.3 is 12.4 Å². The van der Waals surface area contributed by atoms with Gasteiger partial charge in [-0.25, -0.2) is 13.1 Å². The summed E-state index contributed by atoms with van der Waals surface area (Å²) in [6, 6.07) is 3.22. The Labute approximate surface area is 154 Å². The van der Waals surface area contributed by atoms with Gasteiger partial charge in [-0.3, -0.25) is 9.78 Å². The first-order valence-electron chi connectivity index (χ1n) is 7.23. The van der Waals surface area contributed by atoms with Crippen molar-refractivity contribution < 1.29 is 39.6 Å². The number of alkyl halides is 6.